The van der Waals surface area contributed by atoms with Crippen LogP contribution in [0.4, 0.5) is 0 Å². The maximum Gasteiger partial charge on any atom is 0.221 e. The minimum atomic E-state index is -0.511. The van der Waals surface area contributed by atoms with Crippen molar-refractivity contribution >= 4 is 5.91 Å². The summed E-state index contributed by atoms with van der Waals surface area (Å²) in [6.45, 7) is 0. The Kier molecular flexibility index (Phi) is 6.09. The molecule has 2 heteroatoms. The summed E-state index contributed by atoms with van der Waals surface area (Å²) < 4.78 is 0. The molecule has 0 radical (unpaired) electrons. The highest BCUT2D eigenvalue weighted by atomic mass is 16.1. The highest BCUT2D eigenvalue weighted by molar-refractivity contribution is 5.80. The van der Waals surface area contributed by atoms with Gasteiger partial charge in [-0.25, -0.2) is 0 Å². The van der Waals surface area contributed by atoms with Gasteiger partial charge < -0.3 is 5.32 Å². The maximum absolute atomic E-state index is 13.3. The van der Waals surface area contributed by atoms with Crippen LogP contribution in [0.3, 0.4) is 0 Å². The molecule has 29 heavy (non-hydrogen) atoms. The second-order valence-corrected chi connectivity index (χ2v) is 8.08. The fourth-order valence-corrected chi connectivity index (χ4v) is 4.74. The molecule has 0 spiro atoms. The van der Waals surface area contributed by atoms with E-state index in [1.165, 1.54) is 19.3 Å². The normalized spacial score (nSPS) is 15.0. The van der Waals surface area contributed by atoms with Crippen LogP contribution in [-0.2, 0) is 10.2 Å². The maximum atomic E-state index is 13.3. The van der Waals surface area contributed by atoms with Crippen LogP contribution in [0.25, 0.3) is 0 Å². The molecule has 3 aromatic rings. The predicted octanol–water partition coefficient (Wildman–Crippen LogP) is 5.86. The van der Waals surface area contributed by atoms with E-state index in [9.17, 15) is 4.79 Å². The Morgan fingerprint density at radius 1 is 0.690 bits per heavy atom. The molecule has 0 aliphatic heterocycles. The third-order valence-electron chi connectivity index (χ3n) is 6.20. The summed E-state index contributed by atoms with van der Waals surface area (Å²) in [5.74, 6) is 0.133. The Labute approximate surface area is 174 Å². The van der Waals surface area contributed by atoms with Crippen molar-refractivity contribution in [1.82, 2.24) is 5.32 Å². The average Bonchev–Trinajstić information content (AvgIpc) is 2.80. The van der Waals surface area contributed by atoms with Gasteiger partial charge in [0.05, 0.1) is 5.41 Å². The quantitative estimate of drug-likeness (QED) is 0.531. The van der Waals surface area contributed by atoms with Crippen LogP contribution in [0, 0.1) is 0 Å². The van der Waals surface area contributed by atoms with Gasteiger partial charge in [0.15, 0.2) is 0 Å². The van der Waals surface area contributed by atoms with E-state index in [1.54, 1.807) is 0 Å². The molecule has 2 nitrogen and oxygen atoms in total. The summed E-state index contributed by atoms with van der Waals surface area (Å²) in [7, 11) is 0. The van der Waals surface area contributed by atoms with E-state index in [1.807, 2.05) is 18.2 Å². The van der Waals surface area contributed by atoms with Crippen molar-refractivity contribution < 1.29 is 4.79 Å². The zero-order valence-electron chi connectivity index (χ0n) is 16.9. The third kappa shape index (κ3) is 4.27. The second kappa shape index (κ2) is 9.09. The molecule has 3 aromatic carbocycles. The van der Waals surface area contributed by atoms with Crippen molar-refractivity contribution in [1.29, 1.82) is 0 Å². The summed E-state index contributed by atoms with van der Waals surface area (Å²) in [5.41, 5.74) is 2.94. The molecule has 0 unspecified atom stereocenters. The standard InChI is InChI=1S/C27H29NO/c29-26(28-25-19-11-4-12-20-25)21-27(22-13-5-1-6-14-22,23-15-7-2-8-16-23)24-17-9-3-10-18-24/h1-3,5-10,13-18,25H,4,11-12,19-21H2,(H,28,29). The van der Waals surface area contributed by atoms with E-state index in [2.05, 4.69) is 78.1 Å². The van der Waals surface area contributed by atoms with Gasteiger partial charge in [-0.15, -0.1) is 0 Å². The molecule has 148 valence electrons. The van der Waals surface area contributed by atoms with Crippen molar-refractivity contribution in [3.05, 3.63) is 108 Å². The summed E-state index contributed by atoms with van der Waals surface area (Å²) in [4.78, 5) is 13.3. The molecule has 1 aliphatic rings. The van der Waals surface area contributed by atoms with Crippen LogP contribution in [-0.4, -0.2) is 11.9 Å². The molecule has 1 amide bonds. The molecule has 0 saturated heterocycles. The Morgan fingerprint density at radius 2 is 1.10 bits per heavy atom. The van der Waals surface area contributed by atoms with E-state index in [4.69, 9.17) is 0 Å². The average molecular weight is 384 g/mol. The lowest BCUT2D eigenvalue weighted by Gasteiger charge is -2.36. The molecule has 1 N–H and O–H groups in total. The van der Waals surface area contributed by atoms with Gasteiger partial charge in [0.25, 0.3) is 0 Å². The van der Waals surface area contributed by atoms with Gasteiger partial charge >= 0.3 is 0 Å². The van der Waals surface area contributed by atoms with Crippen LogP contribution in [0.15, 0.2) is 91.0 Å². The number of hydrogen-bond donors (Lipinski definition) is 1. The van der Waals surface area contributed by atoms with Gasteiger partial charge in [-0.05, 0) is 29.5 Å². The van der Waals surface area contributed by atoms with E-state index in [0.717, 1.165) is 29.5 Å². The fraction of sp³-hybridized carbons (Fsp3) is 0.296. The van der Waals surface area contributed by atoms with Crippen LogP contribution < -0.4 is 5.32 Å². The number of carbonyl (C=O) groups excluding carboxylic acids is 1. The van der Waals surface area contributed by atoms with Gasteiger partial charge in [-0.1, -0.05) is 110 Å². The number of amides is 1. The Hall–Kier alpha value is -2.87. The third-order valence-corrected chi connectivity index (χ3v) is 6.20. The van der Waals surface area contributed by atoms with Gasteiger partial charge in [0.2, 0.25) is 5.91 Å². The Balaban J connectivity index is 1.78. The first kappa shape index (κ1) is 19.4. The predicted molar refractivity (Wildman–Crippen MR) is 119 cm³/mol. The van der Waals surface area contributed by atoms with Crippen molar-refractivity contribution in [2.24, 2.45) is 0 Å². The largest absolute Gasteiger partial charge is 0.353 e. The van der Waals surface area contributed by atoms with Crippen molar-refractivity contribution in [2.75, 3.05) is 0 Å². The Bertz CT molecular complexity index is 802. The van der Waals surface area contributed by atoms with Crippen molar-refractivity contribution in [3.63, 3.8) is 0 Å². The molecule has 1 aliphatic carbocycles. The zero-order valence-corrected chi connectivity index (χ0v) is 16.9. The summed E-state index contributed by atoms with van der Waals surface area (Å²) >= 11 is 0. The minimum Gasteiger partial charge on any atom is -0.353 e. The summed E-state index contributed by atoms with van der Waals surface area (Å²) in [6.07, 6.45) is 6.32. The van der Waals surface area contributed by atoms with Crippen molar-refractivity contribution in [2.45, 2.75) is 50.0 Å². The van der Waals surface area contributed by atoms with Gasteiger partial charge in [0, 0.05) is 12.5 Å². The van der Waals surface area contributed by atoms with E-state index in [-0.39, 0.29) is 5.91 Å². The van der Waals surface area contributed by atoms with Crippen LogP contribution in [0.2, 0.25) is 0 Å². The van der Waals surface area contributed by atoms with E-state index >= 15 is 0 Å². The summed E-state index contributed by atoms with van der Waals surface area (Å²) in [6, 6.07) is 31.7. The number of carbonyl (C=O) groups is 1. The Morgan fingerprint density at radius 3 is 1.52 bits per heavy atom. The minimum absolute atomic E-state index is 0.133. The molecule has 0 bridgehead atoms. The zero-order chi connectivity index (χ0) is 19.9. The highest BCUT2D eigenvalue weighted by Crippen LogP contribution is 2.42. The number of hydrogen-bond acceptors (Lipinski definition) is 1. The SMILES string of the molecule is O=C(CC(c1ccccc1)(c1ccccc1)c1ccccc1)NC1CCCCC1. The topological polar surface area (TPSA) is 29.1 Å². The molecule has 1 fully saturated rings. The van der Waals surface area contributed by atoms with Gasteiger partial charge in [-0.2, -0.15) is 0 Å². The fourth-order valence-electron chi connectivity index (χ4n) is 4.74. The lowest BCUT2D eigenvalue weighted by atomic mass is 9.67. The van der Waals surface area contributed by atoms with Crippen LogP contribution in [0.5, 0.6) is 0 Å². The van der Waals surface area contributed by atoms with E-state index < -0.39 is 5.41 Å². The molecule has 0 atom stereocenters. The number of rotatable bonds is 6. The van der Waals surface area contributed by atoms with Crippen molar-refractivity contribution in [3.8, 4) is 0 Å². The second-order valence-electron chi connectivity index (χ2n) is 8.08. The smallest absolute Gasteiger partial charge is 0.221 e. The first-order valence-corrected chi connectivity index (χ1v) is 10.7. The van der Waals surface area contributed by atoms with Gasteiger partial charge in [-0.3, -0.25) is 4.79 Å². The van der Waals surface area contributed by atoms with Crippen LogP contribution >= 0.6 is 0 Å². The molecule has 0 heterocycles. The molecule has 0 aromatic heterocycles. The molecule has 4 rings (SSSR count). The highest BCUT2D eigenvalue weighted by Gasteiger charge is 2.38. The molecule has 1 saturated carbocycles. The first-order valence-electron chi connectivity index (χ1n) is 10.7. The van der Waals surface area contributed by atoms with E-state index in [0.29, 0.717) is 12.5 Å². The first-order chi connectivity index (χ1) is 14.3. The number of nitrogens with one attached hydrogen (secondary N) is 1. The van der Waals surface area contributed by atoms with Gasteiger partial charge in [0.1, 0.15) is 0 Å². The molecular formula is C27H29NO. The number of benzene rings is 3. The molecular weight excluding hydrogens is 354 g/mol. The summed E-state index contributed by atoms with van der Waals surface area (Å²) in [5, 5.41) is 3.34. The van der Waals surface area contributed by atoms with Crippen LogP contribution in [0.1, 0.15) is 55.2 Å². The monoisotopic (exact) mass is 383 g/mol. The lowest BCUT2D eigenvalue weighted by molar-refractivity contribution is -0.122. The lowest BCUT2D eigenvalue weighted by Crippen LogP contribution is -2.41.